The Labute approximate surface area is 72.0 Å². The van der Waals surface area contributed by atoms with Crippen molar-refractivity contribution >= 4 is 0 Å². The Hall–Kier alpha value is -0.960. The molecule has 2 rings (SSSR count). The van der Waals surface area contributed by atoms with Crippen LogP contribution in [0.5, 0.6) is 0 Å². The molecule has 2 atom stereocenters. The summed E-state index contributed by atoms with van der Waals surface area (Å²) >= 11 is 0. The molecule has 1 aliphatic rings. The number of hydrogen-bond donors (Lipinski definition) is 1. The maximum Gasteiger partial charge on any atom is 0.125 e. The summed E-state index contributed by atoms with van der Waals surface area (Å²) in [5.41, 5.74) is 6.72. The van der Waals surface area contributed by atoms with Crippen LogP contribution in [0.3, 0.4) is 0 Å². The molecule has 64 valence electrons. The summed E-state index contributed by atoms with van der Waals surface area (Å²) in [4.78, 5) is 8.43. The van der Waals surface area contributed by atoms with Gasteiger partial charge in [-0.2, -0.15) is 0 Å². The summed E-state index contributed by atoms with van der Waals surface area (Å²) in [6.07, 6.45) is 3.02. The monoisotopic (exact) mass is 163 g/mol. The van der Waals surface area contributed by atoms with Crippen LogP contribution < -0.4 is 5.73 Å². The molecule has 1 saturated carbocycles. The van der Waals surface area contributed by atoms with Crippen molar-refractivity contribution in [2.24, 2.45) is 11.7 Å². The first-order valence-corrected chi connectivity index (χ1v) is 4.31. The zero-order valence-corrected chi connectivity index (χ0v) is 7.20. The van der Waals surface area contributed by atoms with Gasteiger partial charge in [-0.15, -0.1) is 0 Å². The zero-order chi connectivity index (χ0) is 8.55. The van der Waals surface area contributed by atoms with E-state index in [-0.39, 0.29) is 0 Å². The Morgan fingerprint density at radius 2 is 2.50 bits per heavy atom. The fourth-order valence-corrected chi connectivity index (χ4v) is 1.55. The highest BCUT2D eigenvalue weighted by Crippen LogP contribution is 2.45. The predicted molar refractivity (Wildman–Crippen MR) is 46.7 cm³/mol. The smallest absolute Gasteiger partial charge is 0.125 e. The Bertz CT molecular complexity index is 285. The summed E-state index contributed by atoms with van der Waals surface area (Å²) < 4.78 is 0. The van der Waals surface area contributed by atoms with Crippen LogP contribution >= 0.6 is 0 Å². The molecule has 0 spiro atoms. The van der Waals surface area contributed by atoms with Gasteiger partial charge in [0.2, 0.25) is 0 Å². The molecular formula is C9H13N3. The van der Waals surface area contributed by atoms with Gasteiger partial charge in [0, 0.05) is 17.8 Å². The van der Waals surface area contributed by atoms with Crippen molar-refractivity contribution in [3.05, 3.63) is 23.8 Å². The van der Waals surface area contributed by atoms with Gasteiger partial charge in [-0.3, -0.25) is 0 Å². The van der Waals surface area contributed by atoms with Crippen LogP contribution in [0, 0.1) is 12.8 Å². The largest absolute Gasteiger partial charge is 0.330 e. The minimum atomic E-state index is 0.608. The fourth-order valence-electron chi connectivity index (χ4n) is 1.55. The average molecular weight is 163 g/mol. The maximum atomic E-state index is 5.56. The van der Waals surface area contributed by atoms with Crippen LogP contribution in [0.15, 0.2) is 12.3 Å². The Morgan fingerprint density at radius 3 is 3.08 bits per heavy atom. The molecule has 0 radical (unpaired) electrons. The van der Waals surface area contributed by atoms with E-state index in [2.05, 4.69) is 9.97 Å². The topological polar surface area (TPSA) is 51.8 Å². The Morgan fingerprint density at radius 1 is 1.67 bits per heavy atom. The normalized spacial score (nSPS) is 27.2. The third-order valence-corrected chi connectivity index (χ3v) is 2.40. The van der Waals surface area contributed by atoms with E-state index in [1.54, 1.807) is 0 Å². The quantitative estimate of drug-likeness (QED) is 0.703. The Kier molecular flexibility index (Phi) is 1.81. The average Bonchev–Trinajstić information content (AvgIpc) is 2.83. The van der Waals surface area contributed by atoms with E-state index in [4.69, 9.17) is 5.73 Å². The summed E-state index contributed by atoms with van der Waals surface area (Å²) in [5.74, 6) is 2.13. The fraction of sp³-hybridized carbons (Fsp3) is 0.556. The van der Waals surface area contributed by atoms with Gasteiger partial charge in [-0.25, -0.2) is 9.97 Å². The summed E-state index contributed by atoms with van der Waals surface area (Å²) in [5, 5.41) is 0. The van der Waals surface area contributed by atoms with Crippen LogP contribution in [0.4, 0.5) is 0 Å². The lowest BCUT2D eigenvalue weighted by atomic mass is 10.2. The first-order valence-electron chi connectivity index (χ1n) is 4.31. The number of aryl methyl sites for hydroxylation is 1. The standard InChI is InChI=1S/C9H13N3/c1-6-11-3-2-9(12-6)8-4-7(8)5-10/h2-3,7-8H,4-5,10H2,1H3. The van der Waals surface area contributed by atoms with Crippen LogP contribution in [0.2, 0.25) is 0 Å². The maximum absolute atomic E-state index is 5.56. The number of nitrogens with zero attached hydrogens (tertiary/aromatic N) is 2. The molecule has 1 aromatic rings. The van der Waals surface area contributed by atoms with Gasteiger partial charge in [0.1, 0.15) is 5.82 Å². The number of aromatic nitrogens is 2. The summed E-state index contributed by atoms with van der Waals surface area (Å²) in [7, 11) is 0. The molecule has 2 N–H and O–H groups in total. The second-order valence-electron chi connectivity index (χ2n) is 3.37. The molecule has 0 saturated heterocycles. The highest BCUT2D eigenvalue weighted by Gasteiger charge is 2.37. The second kappa shape index (κ2) is 2.83. The zero-order valence-electron chi connectivity index (χ0n) is 7.20. The summed E-state index contributed by atoms with van der Waals surface area (Å²) in [6.45, 7) is 2.71. The summed E-state index contributed by atoms with van der Waals surface area (Å²) in [6, 6.07) is 1.99. The molecule has 1 heterocycles. The highest BCUT2D eigenvalue weighted by atomic mass is 14.9. The third kappa shape index (κ3) is 1.32. The first kappa shape index (κ1) is 7.68. The van der Waals surface area contributed by atoms with Crippen LogP contribution in [0.25, 0.3) is 0 Å². The molecule has 0 aromatic carbocycles. The van der Waals surface area contributed by atoms with Crippen LogP contribution in [-0.4, -0.2) is 16.5 Å². The van der Waals surface area contributed by atoms with E-state index in [1.165, 1.54) is 6.42 Å². The van der Waals surface area contributed by atoms with Crippen LogP contribution in [0.1, 0.15) is 23.9 Å². The van der Waals surface area contributed by atoms with E-state index in [0.717, 1.165) is 18.1 Å². The molecule has 1 fully saturated rings. The minimum Gasteiger partial charge on any atom is -0.330 e. The number of hydrogen-bond acceptors (Lipinski definition) is 3. The molecule has 3 heteroatoms. The van der Waals surface area contributed by atoms with E-state index >= 15 is 0 Å². The van der Waals surface area contributed by atoms with Gasteiger partial charge in [0.15, 0.2) is 0 Å². The molecule has 3 nitrogen and oxygen atoms in total. The minimum absolute atomic E-state index is 0.608. The van der Waals surface area contributed by atoms with Gasteiger partial charge in [-0.1, -0.05) is 0 Å². The second-order valence-corrected chi connectivity index (χ2v) is 3.37. The number of nitrogens with two attached hydrogens (primary N) is 1. The highest BCUT2D eigenvalue weighted by molar-refractivity contribution is 5.17. The van der Waals surface area contributed by atoms with Gasteiger partial charge in [0.25, 0.3) is 0 Å². The van der Waals surface area contributed by atoms with Crippen molar-refractivity contribution in [3.63, 3.8) is 0 Å². The van der Waals surface area contributed by atoms with E-state index in [9.17, 15) is 0 Å². The van der Waals surface area contributed by atoms with E-state index in [1.807, 2.05) is 19.2 Å². The van der Waals surface area contributed by atoms with Gasteiger partial charge in [0.05, 0.1) is 0 Å². The van der Waals surface area contributed by atoms with Crippen LogP contribution in [-0.2, 0) is 0 Å². The van der Waals surface area contributed by atoms with E-state index < -0.39 is 0 Å². The van der Waals surface area contributed by atoms with E-state index in [0.29, 0.717) is 11.8 Å². The SMILES string of the molecule is Cc1nccc(C2CC2CN)n1. The molecule has 2 unspecified atom stereocenters. The molecule has 1 aliphatic carbocycles. The van der Waals surface area contributed by atoms with Crippen molar-refractivity contribution in [1.82, 2.24) is 9.97 Å². The molecule has 0 amide bonds. The lowest BCUT2D eigenvalue weighted by Crippen LogP contribution is -2.03. The van der Waals surface area contributed by atoms with Crippen molar-refractivity contribution in [2.45, 2.75) is 19.3 Å². The first-order chi connectivity index (χ1) is 5.81. The molecular weight excluding hydrogens is 150 g/mol. The van der Waals surface area contributed by atoms with Gasteiger partial charge in [-0.05, 0) is 31.9 Å². The molecule has 1 aromatic heterocycles. The lowest BCUT2D eigenvalue weighted by molar-refractivity contribution is 0.790. The van der Waals surface area contributed by atoms with Gasteiger partial charge < -0.3 is 5.73 Å². The van der Waals surface area contributed by atoms with Crippen molar-refractivity contribution in [1.29, 1.82) is 0 Å². The van der Waals surface area contributed by atoms with Crippen molar-refractivity contribution in [3.8, 4) is 0 Å². The van der Waals surface area contributed by atoms with Crippen molar-refractivity contribution in [2.75, 3.05) is 6.54 Å². The lowest BCUT2D eigenvalue weighted by Gasteiger charge is -1.98. The third-order valence-electron chi connectivity index (χ3n) is 2.40. The van der Waals surface area contributed by atoms with Crippen molar-refractivity contribution < 1.29 is 0 Å². The number of rotatable bonds is 2. The van der Waals surface area contributed by atoms with Gasteiger partial charge >= 0.3 is 0 Å². The molecule has 12 heavy (non-hydrogen) atoms. The predicted octanol–water partition coefficient (Wildman–Crippen LogP) is 0.847. The molecule has 0 bridgehead atoms. The Balaban J connectivity index is 2.14. The molecule has 0 aliphatic heterocycles.